The molecule has 2 aromatic rings. The molecule has 0 fully saturated rings. The molecule has 0 aliphatic heterocycles. The zero-order chi connectivity index (χ0) is 14.9. The van der Waals surface area contributed by atoms with Gasteiger partial charge in [-0.25, -0.2) is 0 Å². The Morgan fingerprint density at radius 3 is 2.45 bits per heavy atom. The third-order valence-corrected chi connectivity index (χ3v) is 5.39. The van der Waals surface area contributed by atoms with E-state index >= 15 is 0 Å². The van der Waals surface area contributed by atoms with E-state index in [9.17, 15) is 0 Å². The Bertz CT molecular complexity index is 646. The summed E-state index contributed by atoms with van der Waals surface area (Å²) in [6.07, 6.45) is 0. The van der Waals surface area contributed by atoms with Crippen LogP contribution >= 0.6 is 54.5 Å². The highest BCUT2D eigenvalue weighted by Gasteiger charge is 2.18. The standard InChI is InChI=1S/C15H14Br2INO/c1-8-5-14(20-2)11(7-13(8)17)15(19)10-6-9(18)3-4-12(10)16/h3-7,15H,19H2,1-2H3. The van der Waals surface area contributed by atoms with Gasteiger partial charge in [-0.15, -0.1) is 0 Å². The van der Waals surface area contributed by atoms with Crippen LogP contribution in [0.1, 0.15) is 22.7 Å². The van der Waals surface area contributed by atoms with Crippen LogP contribution in [0.25, 0.3) is 0 Å². The summed E-state index contributed by atoms with van der Waals surface area (Å²) in [7, 11) is 1.67. The molecule has 0 aliphatic rings. The number of ether oxygens (including phenoxy) is 1. The Kier molecular flexibility index (Phi) is 5.50. The molecule has 0 bridgehead atoms. The largest absolute Gasteiger partial charge is 0.496 e. The van der Waals surface area contributed by atoms with Gasteiger partial charge in [0.1, 0.15) is 5.75 Å². The fraction of sp³-hybridized carbons (Fsp3) is 0.200. The summed E-state index contributed by atoms with van der Waals surface area (Å²) in [6, 6.07) is 9.94. The minimum Gasteiger partial charge on any atom is -0.496 e. The molecule has 0 saturated carbocycles. The molecule has 0 spiro atoms. The topological polar surface area (TPSA) is 35.2 Å². The highest BCUT2D eigenvalue weighted by Crippen LogP contribution is 2.36. The number of hydrogen-bond donors (Lipinski definition) is 1. The van der Waals surface area contributed by atoms with Crippen LogP contribution in [0.2, 0.25) is 0 Å². The van der Waals surface area contributed by atoms with E-state index in [1.54, 1.807) is 7.11 Å². The average Bonchev–Trinajstić information content (AvgIpc) is 2.43. The molecule has 0 amide bonds. The van der Waals surface area contributed by atoms with Crippen LogP contribution in [0.15, 0.2) is 39.3 Å². The molecular formula is C15H14Br2INO. The van der Waals surface area contributed by atoms with Crippen molar-refractivity contribution in [3.63, 3.8) is 0 Å². The third kappa shape index (κ3) is 3.37. The number of hydrogen-bond acceptors (Lipinski definition) is 2. The van der Waals surface area contributed by atoms with Gasteiger partial charge < -0.3 is 10.5 Å². The van der Waals surface area contributed by atoms with Crippen LogP contribution in [-0.4, -0.2) is 7.11 Å². The van der Waals surface area contributed by atoms with Crippen molar-refractivity contribution in [3.8, 4) is 5.75 Å². The van der Waals surface area contributed by atoms with Crippen LogP contribution in [0.5, 0.6) is 5.75 Å². The molecule has 0 radical (unpaired) electrons. The van der Waals surface area contributed by atoms with E-state index in [1.807, 2.05) is 31.2 Å². The van der Waals surface area contributed by atoms with Gasteiger partial charge in [-0.1, -0.05) is 31.9 Å². The van der Waals surface area contributed by atoms with E-state index < -0.39 is 0 Å². The number of rotatable bonds is 3. The van der Waals surface area contributed by atoms with E-state index in [0.717, 1.165) is 35.0 Å². The number of methoxy groups -OCH3 is 1. The van der Waals surface area contributed by atoms with Gasteiger partial charge in [-0.3, -0.25) is 0 Å². The monoisotopic (exact) mass is 509 g/mol. The van der Waals surface area contributed by atoms with Crippen molar-refractivity contribution in [2.24, 2.45) is 5.73 Å². The van der Waals surface area contributed by atoms with Gasteiger partial charge in [0.2, 0.25) is 0 Å². The Morgan fingerprint density at radius 1 is 1.10 bits per heavy atom. The van der Waals surface area contributed by atoms with Crippen molar-refractivity contribution in [3.05, 3.63) is 59.5 Å². The van der Waals surface area contributed by atoms with Crippen molar-refractivity contribution in [1.82, 2.24) is 0 Å². The van der Waals surface area contributed by atoms with Crippen LogP contribution in [0, 0.1) is 10.5 Å². The zero-order valence-electron chi connectivity index (χ0n) is 11.1. The van der Waals surface area contributed by atoms with E-state index in [0.29, 0.717) is 0 Å². The quantitative estimate of drug-likeness (QED) is 0.577. The molecule has 106 valence electrons. The van der Waals surface area contributed by atoms with Crippen LogP contribution in [-0.2, 0) is 0 Å². The Balaban J connectivity index is 2.55. The minimum absolute atomic E-state index is 0.244. The highest BCUT2D eigenvalue weighted by molar-refractivity contribution is 14.1. The lowest BCUT2D eigenvalue weighted by molar-refractivity contribution is 0.407. The molecule has 2 N–H and O–H groups in total. The van der Waals surface area contributed by atoms with Crippen molar-refractivity contribution in [2.45, 2.75) is 13.0 Å². The average molecular weight is 511 g/mol. The molecule has 5 heteroatoms. The van der Waals surface area contributed by atoms with Crippen LogP contribution < -0.4 is 10.5 Å². The first kappa shape index (κ1) is 16.3. The first-order valence-electron chi connectivity index (χ1n) is 5.98. The summed E-state index contributed by atoms with van der Waals surface area (Å²) < 4.78 is 8.67. The second-order valence-electron chi connectivity index (χ2n) is 4.49. The predicted octanol–water partition coefficient (Wildman–Crippen LogP) is 5.18. The summed E-state index contributed by atoms with van der Waals surface area (Å²) in [5, 5.41) is 0. The molecule has 0 aromatic heterocycles. The smallest absolute Gasteiger partial charge is 0.124 e. The molecule has 20 heavy (non-hydrogen) atoms. The van der Waals surface area contributed by atoms with E-state index in [4.69, 9.17) is 10.5 Å². The lowest BCUT2D eigenvalue weighted by atomic mass is 9.97. The highest BCUT2D eigenvalue weighted by atomic mass is 127. The maximum absolute atomic E-state index is 6.45. The first-order chi connectivity index (χ1) is 9.43. The van der Waals surface area contributed by atoms with Gasteiger partial charge in [0.15, 0.2) is 0 Å². The molecule has 0 heterocycles. The summed E-state index contributed by atoms with van der Waals surface area (Å²) in [5.74, 6) is 0.809. The number of benzene rings is 2. The van der Waals surface area contributed by atoms with Gasteiger partial charge in [0, 0.05) is 18.1 Å². The Hall–Kier alpha value is -0.110. The fourth-order valence-corrected chi connectivity index (χ4v) is 3.38. The number of nitrogens with two attached hydrogens (primary N) is 1. The molecule has 1 unspecified atom stereocenters. The van der Waals surface area contributed by atoms with E-state index in [2.05, 4.69) is 60.5 Å². The fourth-order valence-electron chi connectivity index (χ4n) is 2.01. The maximum Gasteiger partial charge on any atom is 0.124 e. The van der Waals surface area contributed by atoms with E-state index in [-0.39, 0.29) is 6.04 Å². The SMILES string of the molecule is COc1cc(C)c(Br)cc1C(N)c1cc(I)ccc1Br. The number of aryl methyl sites for hydroxylation is 1. The van der Waals surface area contributed by atoms with Gasteiger partial charge in [0.25, 0.3) is 0 Å². The summed E-state index contributed by atoms with van der Waals surface area (Å²) in [4.78, 5) is 0. The maximum atomic E-state index is 6.45. The zero-order valence-corrected chi connectivity index (χ0v) is 16.4. The van der Waals surface area contributed by atoms with Gasteiger partial charge in [0.05, 0.1) is 13.2 Å². The molecule has 0 aliphatic carbocycles. The summed E-state index contributed by atoms with van der Waals surface area (Å²) in [5.41, 5.74) is 9.58. The van der Waals surface area contributed by atoms with Crippen molar-refractivity contribution >= 4 is 54.5 Å². The second kappa shape index (κ2) is 6.77. The molecule has 2 rings (SSSR count). The molecule has 2 nitrogen and oxygen atoms in total. The minimum atomic E-state index is -0.244. The van der Waals surface area contributed by atoms with Gasteiger partial charge in [-0.2, -0.15) is 0 Å². The third-order valence-electron chi connectivity index (χ3n) is 3.14. The number of halogens is 3. The Labute approximate surface area is 149 Å². The van der Waals surface area contributed by atoms with Crippen LogP contribution in [0.3, 0.4) is 0 Å². The van der Waals surface area contributed by atoms with Crippen molar-refractivity contribution in [1.29, 1.82) is 0 Å². The summed E-state index contributed by atoms with van der Waals surface area (Å²) >= 11 is 9.42. The van der Waals surface area contributed by atoms with Gasteiger partial charge >= 0.3 is 0 Å². The van der Waals surface area contributed by atoms with Gasteiger partial charge in [-0.05, 0) is 71.0 Å². The second-order valence-corrected chi connectivity index (χ2v) is 7.44. The predicted molar refractivity (Wildman–Crippen MR) is 98.3 cm³/mol. The first-order valence-corrected chi connectivity index (χ1v) is 8.65. The Morgan fingerprint density at radius 2 is 1.80 bits per heavy atom. The van der Waals surface area contributed by atoms with E-state index in [1.165, 1.54) is 0 Å². The lowest BCUT2D eigenvalue weighted by Crippen LogP contribution is -2.14. The molecule has 1 atom stereocenters. The normalized spacial score (nSPS) is 12.3. The molecule has 2 aromatic carbocycles. The van der Waals surface area contributed by atoms with Crippen LogP contribution in [0.4, 0.5) is 0 Å². The van der Waals surface area contributed by atoms with Crippen molar-refractivity contribution < 1.29 is 4.74 Å². The summed E-state index contributed by atoms with van der Waals surface area (Å²) in [6.45, 7) is 2.03. The molecule has 0 saturated heterocycles. The molecular weight excluding hydrogens is 497 g/mol. The van der Waals surface area contributed by atoms with Crippen molar-refractivity contribution in [2.75, 3.05) is 7.11 Å². The lowest BCUT2D eigenvalue weighted by Gasteiger charge is -2.19.